The van der Waals surface area contributed by atoms with Crippen molar-refractivity contribution in [1.29, 1.82) is 0 Å². The van der Waals surface area contributed by atoms with E-state index in [1.54, 1.807) is 7.11 Å². The number of rotatable bonds is 10. The van der Waals surface area contributed by atoms with Crippen LogP contribution in [0.4, 0.5) is 5.95 Å². The van der Waals surface area contributed by atoms with Crippen LogP contribution < -0.4 is 20.1 Å². The van der Waals surface area contributed by atoms with Gasteiger partial charge in [-0.15, -0.1) is 12.4 Å². The SMILES string of the molecule is CCOc1c(CNCCCNc2nc3ccccc3[nH]2)cc(Br)cc1OC.Cl. The number of methoxy groups -OCH3 is 1. The van der Waals surface area contributed by atoms with E-state index in [0.717, 1.165) is 64.6 Å². The number of benzene rings is 2. The van der Waals surface area contributed by atoms with E-state index in [0.29, 0.717) is 6.61 Å². The third kappa shape index (κ3) is 5.77. The van der Waals surface area contributed by atoms with Crippen LogP contribution in [0.5, 0.6) is 11.5 Å². The number of para-hydroxylation sites is 2. The molecule has 0 atom stereocenters. The molecular weight excluding hydrogens is 444 g/mol. The van der Waals surface area contributed by atoms with Gasteiger partial charge in [0.25, 0.3) is 0 Å². The van der Waals surface area contributed by atoms with Crippen LogP contribution in [0, 0.1) is 0 Å². The molecule has 0 spiro atoms. The van der Waals surface area contributed by atoms with E-state index >= 15 is 0 Å². The highest BCUT2D eigenvalue weighted by Gasteiger charge is 2.12. The number of hydrogen-bond donors (Lipinski definition) is 3. The molecule has 28 heavy (non-hydrogen) atoms. The van der Waals surface area contributed by atoms with Crippen LogP contribution in [0.25, 0.3) is 11.0 Å². The lowest BCUT2D eigenvalue weighted by Crippen LogP contribution is -2.18. The molecule has 3 aromatic rings. The molecule has 3 N–H and O–H groups in total. The molecule has 1 heterocycles. The van der Waals surface area contributed by atoms with Gasteiger partial charge in [-0.3, -0.25) is 0 Å². The Hall–Kier alpha value is -1.96. The summed E-state index contributed by atoms with van der Waals surface area (Å²) in [5, 5.41) is 6.80. The van der Waals surface area contributed by atoms with Crippen molar-refractivity contribution in [1.82, 2.24) is 15.3 Å². The molecule has 0 radical (unpaired) electrons. The average Bonchev–Trinajstić information content (AvgIpc) is 3.09. The number of imidazole rings is 1. The van der Waals surface area contributed by atoms with Crippen LogP contribution in [-0.4, -0.2) is 36.8 Å². The number of nitrogens with zero attached hydrogens (tertiary/aromatic N) is 1. The van der Waals surface area contributed by atoms with E-state index in [4.69, 9.17) is 9.47 Å². The molecule has 0 unspecified atom stereocenters. The molecule has 0 aliphatic rings. The van der Waals surface area contributed by atoms with Crippen molar-refractivity contribution in [3.05, 3.63) is 46.4 Å². The van der Waals surface area contributed by atoms with Gasteiger partial charge in [0.1, 0.15) is 0 Å². The molecule has 0 saturated heterocycles. The standard InChI is InChI=1S/C20H25BrN4O2.ClH/c1-3-27-19-14(11-15(21)12-18(19)26-2)13-22-9-6-10-23-20-24-16-7-4-5-8-17(16)25-20;/h4-5,7-8,11-12,22H,3,6,9-10,13H2,1-2H3,(H2,23,24,25);1H. The van der Waals surface area contributed by atoms with E-state index in [1.165, 1.54) is 0 Å². The summed E-state index contributed by atoms with van der Waals surface area (Å²) < 4.78 is 12.2. The predicted octanol–water partition coefficient (Wildman–Crippen LogP) is 4.75. The first kappa shape index (κ1) is 22.3. The number of hydrogen-bond acceptors (Lipinski definition) is 5. The molecular formula is C20H26BrClN4O2. The minimum absolute atomic E-state index is 0. The summed E-state index contributed by atoms with van der Waals surface area (Å²) in [4.78, 5) is 7.79. The third-order valence-corrected chi connectivity index (χ3v) is 4.59. The third-order valence-electron chi connectivity index (χ3n) is 4.13. The lowest BCUT2D eigenvalue weighted by molar-refractivity contribution is 0.306. The summed E-state index contributed by atoms with van der Waals surface area (Å²) >= 11 is 3.53. The van der Waals surface area contributed by atoms with Crippen molar-refractivity contribution in [2.45, 2.75) is 19.9 Å². The molecule has 2 aromatic carbocycles. The van der Waals surface area contributed by atoms with Crippen molar-refractivity contribution in [2.24, 2.45) is 0 Å². The number of nitrogens with one attached hydrogen (secondary N) is 3. The fourth-order valence-corrected chi connectivity index (χ4v) is 3.38. The van der Waals surface area contributed by atoms with Crippen LogP contribution in [-0.2, 0) is 6.54 Å². The van der Waals surface area contributed by atoms with Gasteiger partial charge in [0.05, 0.1) is 24.8 Å². The second kappa shape index (κ2) is 11.1. The monoisotopic (exact) mass is 468 g/mol. The molecule has 0 bridgehead atoms. The van der Waals surface area contributed by atoms with Gasteiger partial charge >= 0.3 is 0 Å². The lowest BCUT2D eigenvalue weighted by atomic mass is 10.2. The van der Waals surface area contributed by atoms with Gasteiger partial charge < -0.3 is 25.1 Å². The number of fused-ring (bicyclic) bond motifs is 1. The first-order valence-electron chi connectivity index (χ1n) is 9.09. The van der Waals surface area contributed by atoms with Crippen LogP contribution in [0.1, 0.15) is 18.9 Å². The average molecular weight is 470 g/mol. The second-order valence-corrected chi connectivity index (χ2v) is 7.00. The maximum atomic E-state index is 5.77. The van der Waals surface area contributed by atoms with Gasteiger partial charge in [-0.2, -0.15) is 0 Å². The van der Waals surface area contributed by atoms with Crippen molar-refractivity contribution < 1.29 is 9.47 Å². The highest BCUT2D eigenvalue weighted by atomic mass is 79.9. The topological polar surface area (TPSA) is 71.2 Å². The van der Waals surface area contributed by atoms with Crippen LogP contribution >= 0.6 is 28.3 Å². The summed E-state index contributed by atoms with van der Waals surface area (Å²) in [6.07, 6.45) is 0.978. The molecule has 3 rings (SSSR count). The summed E-state index contributed by atoms with van der Waals surface area (Å²) in [6, 6.07) is 12.0. The fraction of sp³-hybridized carbons (Fsp3) is 0.350. The molecule has 6 nitrogen and oxygen atoms in total. The Kier molecular flexibility index (Phi) is 8.89. The largest absolute Gasteiger partial charge is 0.493 e. The Bertz CT molecular complexity index is 855. The van der Waals surface area contributed by atoms with Crippen LogP contribution in [0.3, 0.4) is 0 Å². The zero-order valence-corrected chi connectivity index (χ0v) is 18.5. The number of aromatic nitrogens is 2. The van der Waals surface area contributed by atoms with Gasteiger partial charge in [0, 0.05) is 23.1 Å². The van der Waals surface area contributed by atoms with Crippen molar-refractivity contribution in [3.63, 3.8) is 0 Å². The van der Waals surface area contributed by atoms with Crippen molar-refractivity contribution >= 4 is 45.3 Å². The Morgan fingerprint density at radius 2 is 2.00 bits per heavy atom. The molecule has 1 aromatic heterocycles. The maximum absolute atomic E-state index is 5.77. The van der Waals surface area contributed by atoms with E-state index in [-0.39, 0.29) is 12.4 Å². The lowest BCUT2D eigenvalue weighted by Gasteiger charge is -2.15. The quantitative estimate of drug-likeness (QED) is 0.374. The van der Waals surface area contributed by atoms with Crippen molar-refractivity contribution in [2.75, 3.05) is 32.1 Å². The Morgan fingerprint density at radius 1 is 1.18 bits per heavy atom. The number of aromatic amines is 1. The summed E-state index contributed by atoms with van der Waals surface area (Å²) in [5.41, 5.74) is 3.10. The van der Waals surface area contributed by atoms with Crippen LogP contribution in [0.15, 0.2) is 40.9 Å². The van der Waals surface area contributed by atoms with Crippen molar-refractivity contribution in [3.8, 4) is 11.5 Å². The van der Waals surface area contributed by atoms with Crippen LogP contribution in [0.2, 0.25) is 0 Å². The zero-order chi connectivity index (χ0) is 19.1. The first-order valence-corrected chi connectivity index (χ1v) is 9.89. The molecule has 8 heteroatoms. The molecule has 0 aliphatic heterocycles. The summed E-state index contributed by atoms with van der Waals surface area (Å²) in [7, 11) is 1.66. The predicted molar refractivity (Wildman–Crippen MR) is 120 cm³/mol. The Balaban J connectivity index is 0.00000280. The minimum atomic E-state index is 0. The number of halogens is 2. The molecule has 0 amide bonds. The highest BCUT2D eigenvalue weighted by molar-refractivity contribution is 9.10. The number of H-pyrrole nitrogens is 1. The fourth-order valence-electron chi connectivity index (χ4n) is 2.89. The van der Waals surface area contributed by atoms with E-state index in [9.17, 15) is 0 Å². The number of ether oxygens (including phenoxy) is 2. The smallest absolute Gasteiger partial charge is 0.201 e. The Labute approximate surface area is 180 Å². The maximum Gasteiger partial charge on any atom is 0.201 e. The zero-order valence-electron chi connectivity index (χ0n) is 16.0. The van der Waals surface area contributed by atoms with Gasteiger partial charge in [-0.1, -0.05) is 28.1 Å². The van der Waals surface area contributed by atoms with Gasteiger partial charge in [-0.25, -0.2) is 4.98 Å². The molecule has 152 valence electrons. The van der Waals surface area contributed by atoms with E-state index in [2.05, 4.69) is 42.6 Å². The van der Waals surface area contributed by atoms with Gasteiger partial charge in [-0.05, 0) is 44.2 Å². The normalized spacial score (nSPS) is 10.5. The van der Waals surface area contributed by atoms with E-state index in [1.807, 2.05) is 37.3 Å². The second-order valence-electron chi connectivity index (χ2n) is 6.09. The first-order chi connectivity index (χ1) is 13.2. The summed E-state index contributed by atoms with van der Waals surface area (Å²) in [5.74, 6) is 2.36. The highest BCUT2D eigenvalue weighted by Crippen LogP contribution is 2.34. The van der Waals surface area contributed by atoms with Gasteiger partial charge in [0.15, 0.2) is 11.5 Å². The molecule has 0 saturated carbocycles. The Morgan fingerprint density at radius 3 is 2.75 bits per heavy atom. The molecule has 0 fully saturated rings. The van der Waals surface area contributed by atoms with E-state index < -0.39 is 0 Å². The number of anilines is 1. The minimum Gasteiger partial charge on any atom is -0.493 e. The summed E-state index contributed by atoms with van der Waals surface area (Å²) in [6.45, 7) is 5.02. The molecule has 0 aliphatic carbocycles. The van der Waals surface area contributed by atoms with Gasteiger partial charge in [0.2, 0.25) is 5.95 Å².